The normalized spacial score (nSPS) is 16.2. The summed E-state index contributed by atoms with van der Waals surface area (Å²) in [7, 11) is 1.31. The summed E-state index contributed by atoms with van der Waals surface area (Å²) in [5, 5.41) is 43.9. The number of aromatic hydroxyl groups is 4. The van der Waals surface area contributed by atoms with Crippen molar-refractivity contribution in [3.05, 3.63) is 112 Å². The number of hydrogen-bond donors (Lipinski definition) is 4. The highest BCUT2D eigenvalue weighted by atomic mass is 16.5. The molecule has 1 aliphatic rings. The molecule has 40 heavy (non-hydrogen) atoms. The van der Waals surface area contributed by atoms with Gasteiger partial charge in [0.15, 0.2) is 12.1 Å². The highest BCUT2D eigenvalue weighted by Gasteiger charge is 2.39. The smallest absolute Gasteiger partial charge is 0.193 e. The molecular weight excluding hydrogens is 512 g/mol. The Morgan fingerprint density at radius 2 is 1.55 bits per heavy atom. The third-order valence-corrected chi connectivity index (χ3v) is 6.99. The molecule has 0 aromatic heterocycles. The Labute approximate surface area is 230 Å². The number of rotatable bonds is 7. The Kier molecular flexibility index (Phi) is 7.16. The molecule has 0 amide bonds. The molecule has 8 nitrogen and oxygen atoms in total. The van der Waals surface area contributed by atoms with E-state index in [1.54, 1.807) is 6.08 Å². The first kappa shape index (κ1) is 26.4. The fraction of sp³-hybridized carbons (Fsp3) is 0.125. The number of carbonyl (C=O) groups excluding carboxylic acids is 2. The number of phenolic OH excluding ortho intramolecular Hbond substituents is 4. The standard InChI is InChI=1S/C32H26O8/c1-39-27-16-25(37)28(31(38)30(27)22(34)13-12-18-8-4-2-5-9-18)20-14-26(19-10-6-3-7-11-19)40-32-21(17-33)23(35)15-24(36)29(20)32/h2-13,15-17,20,26,35-38H,14H2,1H3/t20-,26-/m0/s1. The Morgan fingerprint density at radius 3 is 2.20 bits per heavy atom. The van der Waals surface area contributed by atoms with Crippen molar-refractivity contribution in [2.75, 3.05) is 7.11 Å². The lowest BCUT2D eigenvalue weighted by Gasteiger charge is -2.35. The van der Waals surface area contributed by atoms with E-state index < -0.39 is 35.1 Å². The highest BCUT2D eigenvalue weighted by Crippen LogP contribution is 2.56. The summed E-state index contributed by atoms with van der Waals surface area (Å²) in [6.07, 6.45) is 2.73. The Hall–Kier alpha value is -5.24. The second-order valence-electron chi connectivity index (χ2n) is 9.34. The average Bonchev–Trinajstić information content (AvgIpc) is 2.96. The minimum atomic E-state index is -0.941. The van der Waals surface area contributed by atoms with Crippen molar-refractivity contribution in [3.8, 4) is 34.5 Å². The number of hydrogen-bond acceptors (Lipinski definition) is 8. The lowest BCUT2D eigenvalue weighted by atomic mass is 9.79. The zero-order valence-electron chi connectivity index (χ0n) is 21.4. The largest absolute Gasteiger partial charge is 0.507 e. The zero-order valence-corrected chi connectivity index (χ0v) is 21.4. The summed E-state index contributed by atoms with van der Waals surface area (Å²) in [5.41, 5.74) is 1.16. The number of aldehydes is 1. The summed E-state index contributed by atoms with van der Waals surface area (Å²) in [6.45, 7) is 0. The average molecular weight is 539 g/mol. The summed E-state index contributed by atoms with van der Waals surface area (Å²) in [4.78, 5) is 25.3. The van der Waals surface area contributed by atoms with E-state index in [9.17, 15) is 30.0 Å². The van der Waals surface area contributed by atoms with Crippen LogP contribution in [0.3, 0.4) is 0 Å². The molecule has 0 radical (unpaired) electrons. The van der Waals surface area contributed by atoms with Gasteiger partial charge >= 0.3 is 0 Å². The first-order valence-electron chi connectivity index (χ1n) is 12.5. The fourth-order valence-corrected chi connectivity index (χ4v) is 5.11. The van der Waals surface area contributed by atoms with E-state index in [4.69, 9.17) is 9.47 Å². The minimum absolute atomic E-state index is 0.0446. The predicted octanol–water partition coefficient (Wildman–Crippen LogP) is 5.88. The molecule has 0 saturated heterocycles. The van der Waals surface area contributed by atoms with Crippen LogP contribution in [0.1, 0.15) is 61.4 Å². The minimum Gasteiger partial charge on any atom is -0.507 e. The molecule has 5 rings (SSSR count). The van der Waals surface area contributed by atoms with Gasteiger partial charge in [0.1, 0.15) is 46.2 Å². The molecule has 0 spiro atoms. The molecule has 4 aromatic rings. The first-order valence-corrected chi connectivity index (χ1v) is 12.5. The Morgan fingerprint density at radius 1 is 0.900 bits per heavy atom. The van der Waals surface area contributed by atoms with Crippen LogP contribution in [0, 0.1) is 0 Å². The van der Waals surface area contributed by atoms with Gasteiger partial charge in [0.05, 0.1) is 12.7 Å². The number of phenols is 4. The molecule has 1 heterocycles. The number of benzene rings is 4. The van der Waals surface area contributed by atoms with E-state index in [-0.39, 0.29) is 45.9 Å². The molecule has 0 unspecified atom stereocenters. The third-order valence-electron chi connectivity index (χ3n) is 6.99. The van der Waals surface area contributed by atoms with Crippen molar-refractivity contribution in [2.24, 2.45) is 0 Å². The van der Waals surface area contributed by atoms with Crippen LogP contribution < -0.4 is 9.47 Å². The van der Waals surface area contributed by atoms with E-state index in [2.05, 4.69) is 0 Å². The van der Waals surface area contributed by atoms with Gasteiger partial charge in [-0.1, -0.05) is 66.7 Å². The predicted molar refractivity (Wildman–Crippen MR) is 148 cm³/mol. The molecule has 0 fully saturated rings. The van der Waals surface area contributed by atoms with Gasteiger partial charge in [-0.25, -0.2) is 0 Å². The van der Waals surface area contributed by atoms with E-state index in [1.165, 1.54) is 19.3 Å². The fourth-order valence-electron chi connectivity index (χ4n) is 5.11. The van der Waals surface area contributed by atoms with Gasteiger partial charge in [-0.05, 0) is 17.2 Å². The second-order valence-corrected chi connectivity index (χ2v) is 9.34. The maximum absolute atomic E-state index is 13.3. The van der Waals surface area contributed by atoms with Crippen LogP contribution in [0.25, 0.3) is 6.08 Å². The molecule has 202 valence electrons. The number of fused-ring (bicyclic) bond motifs is 1. The van der Waals surface area contributed by atoms with E-state index in [1.807, 2.05) is 60.7 Å². The quantitative estimate of drug-likeness (QED) is 0.130. The van der Waals surface area contributed by atoms with E-state index >= 15 is 0 Å². The number of allylic oxidation sites excluding steroid dienone is 1. The van der Waals surface area contributed by atoms with Crippen LogP contribution in [0.4, 0.5) is 0 Å². The van der Waals surface area contributed by atoms with Crippen molar-refractivity contribution in [3.63, 3.8) is 0 Å². The van der Waals surface area contributed by atoms with Gasteiger partial charge in [-0.2, -0.15) is 0 Å². The van der Waals surface area contributed by atoms with Gasteiger partial charge < -0.3 is 29.9 Å². The van der Waals surface area contributed by atoms with E-state index in [0.29, 0.717) is 6.29 Å². The van der Waals surface area contributed by atoms with Gasteiger partial charge in [0, 0.05) is 35.6 Å². The molecule has 2 atom stereocenters. The van der Waals surface area contributed by atoms with E-state index in [0.717, 1.165) is 17.2 Å². The number of methoxy groups -OCH3 is 1. The number of ketones is 1. The molecule has 0 saturated carbocycles. The lowest BCUT2D eigenvalue weighted by molar-refractivity contribution is 0.104. The van der Waals surface area contributed by atoms with Crippen LogP contribution in [0.2, 0.25) is 0 Å². The molecule has 4 N–H and O–H groups in total. The van der Waals surface area contributed by atoms with Crippen molar-refractivity contribution in [2.45, 2.75) is 18.4 Å². The highest BCUT2D eigenvalue weighted by molar-refractivity contribution is 6.11. The molecular formula is C32H26O8. The van der Waals surface area contributed by atoms with Crippen molar-refractivity contribution < 1.29 is 39.5 Å². The van der Waals surface area contributed by atoms with Crippen LogP contribution in [0.5, 0.6) is 34.5 Å². The van der Waals surface area contributed by atoms with Crippen LogP contribution in [-0.4, -0.2) is 39.6 Å². The molecule has 4 aromatic carbocycles. The van der Waals surface area contributed by atoms with Crippen molar-refractivity contribution in [1.29, 1.82) is 0 Å². The zero-order chi connectivity index (χ0) is 28.4. The topological polar surface area (TPSA) is 134 Å². The molecule has 8 heteroatoms. The van der Waals surface area contributed by atoms with Crippen LogP contribution >= 0.6 is 0 Å². The summed E-state index contributed by atoms with van der Waals surface area (Å²) in [5.74, 6) is -3.45. The van der Waals surface area contributed by atoms with Gasteiger partial charge in [-0.15, -0.1) is 0 Å². The molecule has 1 aliphatic heterocycles. The Bertz CT molecular complexity index is 1610. The number of carbonyl (C=O) groups is 2. The van der Waals surface area contributed by atoms with Crippen LogP contribution in [0.15, 0.2) is 78.9 Å². The Balaban J connectivity index is 1.70. The van der Waals surface area contributed by atoms with Gasteiger partial charge in [0.2, 0.25) is 0 Å². The monoisotopic (exact) mass is 538 g/mol. The van der Waals surface area contributed by atoms with Crippen molar-refractivity contribution in [1.82, 2.24) is 0 Å². The maximum Gasteiger partial charge on any atom is 0.193 e. The van der Waals surface area contributed by atoms with Crippen LogP contribution in [-0.2, 0) is 0 Å². The summed E-state index contributed by atoms with van der Waals surface area (Å²) >= 11 is 0. The number of ether oxygens (including phenoxy) is 2. The summed E-state index contributed by atoms with van der Waals surface area (Å²) < 4.78 is 11.5. The van der Waals surface area contributed by atoms with Crippen molar-refractivity contribution >= 4 is 18.1 Å². The summed E-state index contributed by atoms with van der Waals surface area (Å²) in [6, 6.07) is 20.4. The SMILES string of the molecule is COc1cc(O)c([C@@H]2C[C@@H](c3ccccc3)Oc3c(C=O)c(O)cc(O)c32)c(O)c1C(=O)C=Cc1ccccc1. The first-order chi connectivity index (χ1) is 19.3. The van der Waals surface area contributed by atoms with Gasteiger partial charge in [-0.3, -0.25) is 9.59 Å². The van der Waals surface area contributed by atoms with Gasteiger partial charge in [0.25, 0.3) is 0 Å². The lowest BCUT2D eigenvalue weighted by Crippen LogP contribution is -2.22. The second kappa shape index (κ2) is 10.9. The molecule has 0 aliphatic carbocycles. The molecule has 0 bridgehead atoms. The third kappa shape index (κ3) is 4.71. The maximum atomic E-state index is 13.3.